The third-order valence-electron chi connectivity index (χ3n) is 5.39. The summed E-state index contributed by atoms with van der Waals surface area (Å²) >= 11 is 12.3. The van der Waals surface area contributed by atoms with Crippen LogP contribution in [0.25, 0.3) is 0 Å². The average molecular weight is 483 g/mol. The lowest BCUT2D eigenvalue weighted by Gasteiger charge is -2.33. The zero-order valence-corrected chi connectivity index (χ0v) is 20.3. The maximum atomic E-state index is 13.5. The molecule has 3 rings (SSSR count). The van der Waals surface area contributed by atoms with Gasteiger partial charge in [-0.2, -0.15) is 0 Å². The van der Waals surface area contributed by atoms with Gasteiger partial charge in [0, 0.05) is 35.5 Å². The lowest BCUT2D eigenvalue weighted by Crippen LogP contribution is -2.51. The Balaban J connectivity index is 1.89. The van der Waals surface area contributed by atoms with Crippen LogP contribution in [0, 0.1) is 5.92 Å². The number of nitrogens with zero attached hydrogens (tertiary/aromatic N) is 1. The van der Waals surface area contributed by atoms with Gasteiger partial charge in [0.2, 0.25) is 11.8 Å². The van der Waals surface area contributed by atoms with E-state index in [1.807, 2.05) is 74.5 Å². The third kappa shape index (κ3) is 7.08. The Hall–Kier alpha value is -2.82. The highest BCUT2D eigenvalue weighted by atomic mass is 35.5. The van der Waals surface area contributed by atoms with E-state index in [1.165, 1.54) is 0 Å². The largest absolute Gasteiger partial charge is 0.350 e. The number of carbonyl (C=O) groups is 2. The molecule has 0 aliphatic carbocycles. The Bertz CT molecular complexity index is 1070. The van der Waals surface area contributed by atoms with Crippen LogP contribution in [0.1, 0.15) is 30.5 Å². The number of halogens is 2. The number of amides is 2. The predicted octanol–water partition coefficient (Wildman–Crippen LogP) is 5.91. The Morgan fingerprint density at radius 1 is 0.879 bits per heavy atom. The van der Waals surface area contributed by atoms with Gasteiger partial charge in [-0.3, -0.25) is 9.59 Å². The van der Waals surface area contributed by atoms with Gasteiger partial charge in [-0.25, -0.2) is 0 Å². The van der Waals surface area contributed by atoms with Crippen LogP contribution in [0.3, 0.4) is 0 Å². The number of hydrogen-bond donors (Lipinski definition) is 1. The summed E-state index contributed by atoms with van der Waals surface area (Å²) in [6.07, 6.45) is 0.409. The Labute approximate surface area is 205 Å². The van der Waals surface area contributed by atoms with Crippen LogP contribution in [0.2, 0.25) is 10.0 Å². The summed E-state index contributed by atoms with van der Waals surface area (Å²) in [7, 11) is 0. The molecule has 4 nitrogen and oxygen atoms in total. The molecule has 3 aromatic rings. The maximum absolute atomic E-state index is 13.5. The van der Waals surface area contributed by atoms with Crippen LogP contribution in [0.15, 0.2) is 78.9 Å². The topological polar surface area (TPSA) is 49.4 Å². The van der Waals surface area contributed by atoms with Gasteiger partial charge in [0.05, 0.1) is 0 Å². The summed E-state index contributed by atoms with van der Waals surface area (Å²) in [5, 5.41) is 4.00. The van der Waals surface area contributed by atoms with Gasteiger partial charge >= 0.3 is 0 Å². The predicted molar refractivity (Wildman–Crippen MR) is 134 cm³/mol. The molecule has 0 aromatic heterocycles. The second kappa shape index (κ2) is 11.9. The van der Waals surface area contributed by atoms with E-state index in [-0.39, 0.29) is 24.3 Å². The second-order valence-corrected chi connectivity index (χ2v) is 9.11. The summed E-state index contributed by atoms with van der Waals surface area (Å²) in [6, 6.07) is 24.0. The van der Waals surface area contributed by atoms with E-state index in [9.17, 15) is 9.59 Å². The van der Waals surface area contributed by atoms with Gasteiger partial charge in [0.25, 0.3) is 0 Å². The number of hydrogen-bond acceptors (Lipinski definition) is 2. The molecule has 0 bridgehead atoms. The van der Waals surface area contributed by atoms with Crippen molar-refractivity contribution in [3.8, 4) is 0 Å². The second-order valence-electron chi connectivity index (χ2n) is 8.27. The Kier molecular flexibility index (Phi) is 8.93. The minimum atomic E-state index is -0.673. The van der Waals surface area contributed by atoms with Gasteiger partial charge in [-0.15, -0.1) is 0 Å². The minimum absolute atomic E-state index is 0.0699. The van der Waals surface area contributed by atoms with Crippen molar-refractivity contribution in [3.63, 3.8) is 0 Å². The van der Waals surface area contributed by atoms with E-state index in [1.54, 1.807) is 23.1 Å². The first-order valence-electron chi connectivity index (χ1n) is 10.9. The molecule has 1 atom stereocenters. The van der Waals surface area contributed by atoms with E-state index in [0.29, 0.717) is 23.0 Å². The standard InChI is InChI=1S/C27H28Cl2N2O2/c1-19(2)27(33)31(18-21-11-7-4-8-12-21)25(15-20-9-5-3-6-10-20)26(32)30-17-22-13-14-23(28)16-24(22)29/h3-14,16,19,25H,15,17-18H2,1-2H3,(H,30,32)/t25-/m0/s1. The number of carbonyl (C=O) groups excluding carboxylic acids is 2. The molecule has 0 unspecified atom stereocenters. The molecule has 0 saturated heterocycles. The number of rotatable bonds is 9. The first kappa shape index (κ1) is 24.8. The van der Waals surface area contributed by atoms with Crippen molar-refractivity contribution < 1.29 is 9.59 Å². The average Bonchev–Trinajstić information content (AvgIpc) is 2.81. The molecule has 0 radical (unpaired) electrons. The summed E-state index contributed by atoms with van der Waals surface area (Å²) in [5.74, 6) is -0.542. The van der Waals surface area contributed by atoms with Crippen molar-refractivity contribution in [3.05, 3.63) is 106 Å². The Morgan fingerprint density at radius 3 is 2.06 bits per heavy atom. The summed E-state index contributed by atoms with van der Waals surface area (Å²) in [4.78, 5) is 28.4. The first-order chi connectivity index (χ1) is 15.8. The summed E-state index contributed by atoms with van der Waals surface area (Å²) in [5.41, 5.74) is 2.72. The summed E-state index contributed by atoms with van der Waals surface area (Å²) < 4.78 is 0. The third-order valence-corrected chi connectivity index (χ3v) is 5.98. The molecule has 172 valence electrons. The zero-order chi connectivity index (χ0) is 23.8. The van der Waals surface area contributed by atoms with Crippen molar-refractivity contribution in [2.24, 2.45) is 5.92 Å². The molecule has 0 heterocycles. The molecule has 2 amide bonds. The molecule has 0 saturated carbocycles. The van der Waals surface area contributed by atoms with Crippen molar-refractivity contribution >= 4 is 35.0 Å². The molecule has 33 heavy (non-hydrogen) atoms. The molecular weight excluding hydrogens is 455 g/mol. The van der Waals surface area contributed by atoms with Gasteiger partial charge in [-0.05, 0) is 28.8 Å². The van der Waals surface area contributed by atoms with Crippen LogP contribution in [0.4, 0.5) is 0 Å². The fourth-order valence-electron chi connectivity index (χ4n) is 3.60. The molecular formula is C27H28Cl2N2O2. The van der Waals surface area contributed by atoms with E-state index in [2.05, 4.69) is 5.32 Å². The molecule has 1 N–H and O–H groups in total. The van der Waals surface area contributed by atoms with Crippen LogP contribution < -0.4 is 5.32 Å². The lowest BCUT2D eigenvalue weighted by molar-refractivity contribution is -0.143. The highest BCUT2D eigenvalue weighted by Gasteiger charge is 2.31. The highest BCUT2D eigenvalue weighted by molar-refractivity contribution is 6.35. The zero-order valence-electron chi connectivity index (χ0n) is 18.8. The molecule has 6 heteroatoms. The van der Waals surface area contributed by atoms with Crippen molar-refractivity contribution in [2.75, 3.05) is 0 Å². The van der Waals surface area contributed by atoms with Crippen molar-refractivity contribution in [2.45, 2.75) is 39.4 Å². The van der Waals surface area contributed by atoms with Crippen molar-refractivity contribution in [1.29, 1.82) is 0 Å². The van der Waals surface area contributed by atoms with Crippen LogP contribution >= 0.6 is 23.2 Å². The van der Waals surface area contributed by atoms with Gasteiger partial charge in [0.1, 0.15) is 6.04 Å². The maximum Gasteiger partial charge on any atom is 0.243 e. The minimum Gasteiger partial charge on any atom is -0.350 e. The lowest BCUT2D eigenvalue weighted by atomic mass is 10.0. The Morgan fingerprint density at radius 2 is 1.48 bits per heavy atom. The number of benzene rings is 3. The van der Waals surface area contributed by atoms with E-state index in [4.69, 9.17) is 23.2 Å². The molecule has 0 aliphatic heterocycles. The molecule has 0 spiro atoms. The van der Waals surface area contributed by atoms with E-state index in [0.717, 1.165) is 16.7 Å². The fourth-order valence-corrected chi connectivity index (χ4v) is 4.08. The first-order valence-corrected chi connectivity index (χ1v) is 11.7. The monoisotopic (exact) mass is 482 g/mol. The fraction of sp³-hybridized carbons (Fsp3) is 0.259. The van der Waals surface area contributed by atoms with Gasteiger partial charge < -0.3 is 10.2 Å². The van der Waals surface area contributed by atoms with Crippen LogP contribution in [-0.4, -0.2) is 22.8 Å². The van der Waals surface area contributed by atoms with Crippen LogP contribution in [-0.2, 0) is 29.1 Å². The normalized spacial score (nSPS) is 11.8. The number of nitrogens with one attached hydrogen (secondary N) is 1. The molecule has 0 aliphatic rings. The van der Waals surface area contributed by atoms with Gasteiger partial charge in [0.15, 0.2) is 0 Å². The SMILES string of the molecule is CC(C)C(=O)N(Cc1ccccc1)[C@@H](Cc1ccccc1)C(=O)NCc1ccc(Cl)cc1Cl. The van der Waals surface area contributed by atoms with E-state index < -0.39 is 6.04 Å². The van der Waals surface area contributed by atoms with Crippen molar-refractivity contribution in [1.82, 2.24) is 10.2 Å². The van der Waals surface area contributed by atoms with Crippen LogP contribution in [0.5, 0.6) is 0 Å². The van der Waals surface area contributed by atoms with Gasteiger partial charge in [-0.1, -0.05) is 104 Å². The smallest absolute Gasteiger partial charge is 0.243 e. The quantitative estimate of drug-likeness (QED) is 0.412. The molecule has 3 aromatic carbocycles. The van der Waals surface area contributed by atoms with E-state index >= 15 is 0 Å². The molecule has 0 fully saturated rings. The highest BCUT2D eigenvalue weighted by Crippen LogP contribution is 2.21. The summed E-state index contributed by atoms with van der Waals surface area (Å²) in [6.45, 7) is 4.30.